The minimum Gasteiger partial charge on any atom is -0.422 e. The molecule has 0 saturated carbocycles. The van der Waals surface area contributed by atoms with Crippen LogP contribution >= 0.6 is 0 Å². The fraction of sp³-hybridized carbons (Fsp3) is 0.118. The molecule has 5 aromatic carbocycles. The van der Waals surface area contributed by atoms with E-state index in [1.54, 1.807) is 42.5 Å². The van der Waals surface area contributed by atoms with Crippen LogP contribution in [0.1, 0.15) is 37.4 Å². The van der Waals surface area contributed by atoms with E-state index >= 15 is 0 Å². The van der Waals surface area contributed by atoms with Crippen LogP contribution in [0.15, 0.2) is 109 Å². The summed E-state index contributed by atoms with van der Waals surface area (Å²) in [5.41, 5.74) is 5.04. The van der Waals surface area contributed by atoms with E-state index in [1.165, 1.54) is 0 Å². The van der Waals surface area contributed by atoms with E-state index in [9.17, 15) is 9.59 Å². The zero-order chi connectivity index (χ0) is 27.2. The standard InChI is InChI=1S/C34H29NO4/c1-23-11-15-26(16-12-23)33(36)38-30-20-19-25(21-22-35-28-7-4-3-5-8-28)32-29(30)9-6-10-31(32)39-34(37)27-17-13-24(2)14-18-27/h3-20,35H,21-22H2,1-2H3. The number of ether oxygens (including phenoxy) is 2. The summed E-state index contributed by atoms with van der Waals surface area (Å²) in [5, 5.41) is 4.86. The van der Waals surface area contributed by atoms with Gasteiger partial charge < -0.3 is 14.8 Å². The van der Waals surface area contributed by atoms with Gasteiger partial charge in [-0.3, -0.25) is 0 Å². The molecule has 5 aromatic rings. The van der Waals surface area contributed by atoms with Gasteiger partial charge in [-0.1, -0.05) is 71.8 Å². The van der Waals surface area contributed by atoms with Crippen LogP contribution < -0.4 is 14.8 Å². The predicted molar refractivity (Wildman–Crippen MR) is 155 cm³/mol. The molecule has 5 heteroatoms. The highest BCUT2D eigenvalue weighted by molar-refractivity contribution is 6.01. The van der Waals surface area contributed by atoms with E-state index in [0.717, 1.165) is 27.8 Å². The van der Waals surface area contributed by atoms with Gasteiger partial charge in [0, 0.05) is 23.0 Å². The van der Waals surface area contributed by atoms with Gasteiger partial charge in [0.15, 0.2) is 0 Å². The van der Waals surface area contributed by atoms with Crippen LogP contribution in [-0.2, 0) is 6.42 Å². The quantitative estimate of drug-likeness (QED) is 0.171. The smallest absolute Gasteiger partial charge is 0.343 e. The molecule has 0 unspecified atom stereocenters. The average Bonchev–Trinajstić information content (AvgIpc) is 2.95. The number of para-hydroxylation sites is 1. The Morgan fingerprint density at radius 2 is 1.21 bits per heavy atom. The van der Waals surface area contributed by atoms with Crippen molar-refractivity contribution in [3.8, 4) is 11.5 Å². The van der Waals surface area contributed by atoms with Crippen molar-refractivity contribution >= 4 is 28.4 Å². The van der Waals surface area contributed by atoms with Crippen LogP contribution in [0.2, 0.25) is 0 Å². The molecule has 0 aliphatic carbocycles. The Morgan fingerprint density at radius 3 is 1.82 bits per heavy atom. The Morgan fingerprint density at radius 1 is 0.615 bits per heavy atom. The molecule has 0 bridgehead atoms. The van der Waals surface area contributed by atoms with E-state index in [0.29, 0.717) is 41.0 Å². The van der Waals surface area contributed by atoms with E-state index in [2.05, 4.69) is 5.32 Å². The summed E-state index contributed by atoms with van der Waals surface area (Å²) in [4.78, 5) is 26.0. The lowest BCUT2D eigenvalue weighted by Crippen LogP contribution is -2.11. The van der Waals surface area contributed by atoms with E-state index < -0.39 is 11.9 Å². The van der Waals surface area contributed by atoms with Crippen molar-refractivity contribution in [2.75, 3.05) is 11.9 Å². The molecule has 0 saturated heterocycles. The maximum atomic E-state index is 13.0. The van der Waals surface area contributed by atoms with Gasteiger partial charge in [-0.2, -0.15) is 0 Å². The monoisotopic (exact) mass is 515 g/mol. The van der Waals surface area contributed by atoms with Gasteiger partial charge in [-0.25, -0.2) is 9.59 Å². The van der Waals surface area contributed by atoms with Crippen molar-refractivity contribution < 1.29 is 19.1 Å². The second kappa shape index (κ2) is 11.7. The molecule has 0 atom stereocenters. The fourth-order valence-corrected chi connectivity index (χ4v) is 4.39. The van der Waals surface area contributed by atoms with Crippen LogP contribution in [0.3, 0.4) is 0 Å². The number of esters is 2. The summed E-state index contributed by atoms with van der Waals surface area (Å²) >= 11 is 0. The zero-order valence-corrected chi connectivity index (χ0v) is 21.9. The summed E-state index contributed by atoms with van der Waals surface area (Å²) in [6, 6.07) is 33.7. The minimum atomic E-state index is -0.447. The van der Waals surface area contributed by atoms with Gasteiger partial charge in [0.2, 0.25) is 0 Å². The highest BCUT2D eigenvalue weighted by Crippen LogP contribution is 2.36. The molecule has 0 radical (unpaired) electrons. The molecule has 0 aliphatic heterocycles. The van der Waals surface area contributed by atoms with Crippen LogP contribution in [0.25, 0.3) is 10.8 Å². The first-order chi connectivity index (χ1) is 19.0. The maximum Gasteiger partial charge on any atom is 0.343 e. The van der Waals surface area contributed by atoms with Gasteiger partial charge in [0.05, 0.1) is 11.1 Å². The molecular weight excluding hydrogens is 486 g/mol. The number of carbonyl (C=O) groups excluding carboxylic acids is 2. The molecule has 1 N–H and O–H groups in total. The predicted octanol–water partition coefficient (Wildman–Crippen LogP) is 7.55. The minimum absolute atomic E-state index is 0.406. The number of rotatable bonds is 8. The van der Waals surface area contributed by atoms with E-state index in [1.807, 2.05) is 80.6 Å². The molecule has 0 aliphatic rings. The molecule has 194 valence electrons. The summed E-state index contributed by atoms with van der Waals surface area (Å²) in [7, 11) is 0. The second-order valence-electron chi connectivity index (χ2n) is 9.46. The van der Waals surface area contributed by atoms with Crippen molar-refractivity contribution in [1.29, 1.82) is 0 Å². The zero-order valence-electron chi connectivity index (χ0n) is 21.9. The first-order valence-corrected chi connectivity index (χ1v) is 12.9. The summed E-state index contributed by atoms with van der Waals surface area (Å²) < 4.78 is 11.8. The molecule has 5 rings (SSSR count). The van der Waals surface area contributed by atoms with Gasteiger partial charge in [-0.15, -0.1) is 0 Å². The normalized spacial score (nSPS) is 10.7. The third kappa shape index (κ3) is 6.16. The van der Waals surface area contributed by atoms with E-state index in [-0.39, 0.29) is 0 Å². The topological polar surface area (TPSA) is 64.6 Å². The highest BCUT2D eigenvalue weighted by atomic mass is 16.5. The van der Waals surface area contributed by atoms with Gasteiger partial charge in [0.1, 0.15) is 11.5 Å². The van der Waals surface area contributed by atoms with Crippen molar-refractivity contribution in [2.24, 2.45) is 0 Å². The third-order valence-corrected chi connectivity index (χ3v) is 6.53. The SMILES string of the molecule is Cc1ccc(C(=O)Oc2ccc(CCNc3ccccc3)c3c(OC(=O)c4ccc(C)cc4)cccc23)cc1. The number of hydrogen-bond donors (Lipinski definition) is 1. The number of benzene rings is 5. The van der Waals surface area contributed by atoms with Crippen LogP contribution in [0, 0.1) is 13.8 Å². The lowest BCUT2D eigenvalue weighted by molar-refractivity contribution is 0.0725. The number of aryl methyl sites for hydroxylation is 2. The van der Waals surface area contributed by atoms with Crippen molar-refractivity contribution in [3.05, 3.63) is 137 Å². The van der Waals surface area contributed by atoms with Gasteiger partial charge >= 0.3 is 11.9 Å². The van der Waals surface area contributed by atoms with Crippen LogP contribution in [-0.4, -0.2) is 18.5 Å². The van der Waals surface area contributed by atoms with Gasteiger partial charge in [-0.05, 0) is 74.4 Å². The lowest BCUT2D eigenvalue weighted by atomic mass is 10.00. The Kier molecular flexibility index (Phi) is 7.69. The Labute approximate surface area is 228 Å². The van der Waals surface area contributed by atoms with Crippen molar-refractivity contribution in [1.82, 2.24) is 0 Å². The third-order valence-electron chi connectivity index (χ3n) is 6.53. The first kappa shape index (κ1) is 25.7. The lowest BCUT2D eigenvalue weighted by Gasteiger charge is -2.16. The molecular formula is C34H29NO4. The summed E-state index contributed by atoms with van der Waals surface area (Å²) in [6.45, 7) is 4.60. The number of fused-ring (bicyclic) bond motifs is 1. The number of nitrogens with one attached hydrogen (secondary N) is 1. The summed E-state index contributed by atoms with van der Waals surface area (Å²) in [6.07, 6.45) is 0.663. The maximum absolute atomic E-state index is 13.0. The first-order valence-electron chi connectivity index (χ1n) is 12.9. The molecule has 0 spiro atoms. The fourth-order valence-electron chi connectivity index (χ4n) is 4.39. The Hall–Kier alpha value is -4.90. The Bertz CT molecular complexity index is 1610. The highest BCUT2D eigenvalue weighted by Gasteiger charge is 2.18. The average molecular weight is 516 g/mol. The molecule has 5 nitrogen and oxygen atoms in total. The Balaban J connectivity index is 1.49. The number of hydrogen-bond acceptors (Lipinski definition) is 5. The van der Waals surface area contributed by atoms with Crippen molar-refractivity contribution in [2.45, 2.75) is 20.3 Å². The molecule has 0 heterocycles. The van der Waals surface area contributed by atoms with Gasteiger partial charge in [0.25, 0.3) is 0 Å². The number of anilines is 1. The largest absolute Gasteiger partial charge is 0.422 e. The molecule has 0 amide bonds. The summed E-state index contributed by atoms with van der Waals surface area (Å²) in [5.74, 6) is -0.0700. The van der Waals surface area contributed by atoms with Crippen molar-refractivity contribution in [3.63, 3.8) is 0 Å². The van der Waals surface area contributed by atoms with Crippen LogP contribution in [0.4, 0.5) is 5.69 Å². The van der Waals surface area contributed by atoms with Crippen LogP contribution in [0.5, 0.6) is 11.5 Å². The molecule has 0 aromatic heterocycles. The number of carbonyl (C=O) groups is 2. The van der Waals surface area contributed by atoms with E-state index in [4.69, 9.17) is 9.47 Å². The second-order valence-corrected chi connectivity index (χ2v) is 9.46. The molecule has 39 heavy (non-hydrogen) atoms. The molecule has 0 fully saturated rings.